The van der Waals surface area contributed by atoms with E-state index in [1.54, 1.807) is 30.5 Å². The molecule has 3 rings (SSSR count). The summed E-state index contributed by atoms with van der Waals surface area (Å²) in [4.78, 5) is 18.4. The monoisotopic (exact) mass is 297 g/mol. The van der Waals surface area contributed by atoms with Crippen molar-refractivity contribution in [2.24, 2.45) is 0 Å². The van der Waals surface area contributed by atoms with E-state index in [0.717, 1.165) is 0 Å². The van der Waals surface area contributed by atoms with Gasteiger partial charge in [-0.2, -0.15) is 0 Å². The van der Waals surface area contributed by atoms with Gasteiger partial charge in [0.15, 0.2) is 0 Å². The maximum Gasteiger partial charge on any atom is 0.258 e. The number of fused-ring (bicyclic) bond motifs is 1. The number of benzene rings is 1. The zero-order valence-electron chi connectivity index (χ0n) is 12.2. The van der Waals surface area contributed by atoms with Crippen molar-refractivity contribution in [1.82, 2.24) is 14.3 Å². The summed E-state index contributed by atoms with van der Waals surface area (Å²) < 4.78 is 15.2. The Hall–Kier alpha value is -2.53. The molecule has 0 saturated carbocycles. The molecular weight excluding hydrogens is 281 g/mol. The first kappa shape index (κ1) is 14.4. The van der Waals surface area contributed by atoms with Crippen molar-refractivity contribution in [2.75, 3.05) is 7.05 Å². The molecule has 2 aromatic heterocycles. The van der Waals surface area contributed by atoms with Gasteiger partial charge in [-0.15, -0.1) is 0 Å². The number of hydrogen-bond donors (Lipinski definition) is 0. The molecule has 1 aromatic carbocycles. The van der Waals surface area contributed by atoms with Crippen LogP contribution in [0.4, 0.5) is 4.39 Å². The topological polar surface area (TPSA) is 37.6 Å². The highest BCUT2D eigenvalue weighted by molar-refractivity contribution is 5.38. The second-order valence-electron chi connectivity index (χ2n) is 5.28. The summed E-state index contributed by atoms with van der Waals surface area (Å²) in [7, 11) is 1.88. The van der Waals surface area contributed by atoms with E-state index in [-0.39, 0.29) is 11.4 Å². The Labute approximate surface area is 127 Å². The van der Waals surface area contributed by atoms with Crippen LogP contribution in [0.5, 0.6) is 0 Å². The van der Waals surface area contributed by atoms with E-state index >= 15 is 0 Å². The Balaban J connectivity index is 1.81. The smallest absolute Gasteiger partial charge is 0.258 e. The van der Waals surface area contributed by atoms with Crippen molar-refractivity contribution in [1.29, 1.82) is 0 Å². The van der Waals surface area contributed by atoms with Crippen molar-refractivity contribution < 1.29 is 4.39 Å². The molecule has 5 heteroatoms. The summed E-state index contributed by atoms with van der Waals surface area (Å²) in [5.74, 6) is -0.221. The third-order valence-corrected chi connectivity index (χ3v) is 3.45. The van der Waals surface area contributed by atoms with Gasteiger partial charge in [0.1, 0.15) is 11.5 Å². The number of nitrogens with zero attached hydrogens (tertiary/aromatic N) is 3. The molecule has 0 atom stereocenters. The van der Waals surface area contributed by atoms with Gasteiger partial charge in [-0.05, 0) is 25.2 Å². The van der Waals surface area contributed by atoms with Crippen LogP contribution in [0, 0.1) is 5.82 Å². The van der Waals surface area contributed by atoms with Gasteiger partial charge in [0.25, 0.3) is 5.56 Å². The average molecular weight is 297 g/mol. The largest absolute Gasteiger partial charge is 0.296 e. The van der Waals surface area contributed by atoms with E-state index < -0.39 is 0 Å². The van der Waals surface area contributed by atoms with Crippen LogP contribution < -0.4 is 5.56 Å². The summed E-state index contributed by atoms with van der Waals surface area (Å²) >= 11 is 0. The van der Waals surface area contributed by atoms with Gasteiger partial charge in [0.2, 0.25) is 0 Å². The molecule has 2 heterocycles. The van der Waals surface area contributed by atoms with Crippen molar-refractivity contribution in [3.8, 4) is 0 Å². The minimum absolute atomic E-state index is 0.111. The van der Waals surface area contributed by atoms with E-state index in [4.69, 9.17) is 0 Å². The molecule has 0 amide bonds. The fourth-order valence-electron chi connectivity index (χ4n) is 2.43. The van der Waals surface area contributed by atoms with Crippen molar-refractivity contribution in [2.45, 2.75) is 13.1 Å². The highest BCUT2D eigenvalue weighted by Gasteiger charge is 2.08. The summed E-state index contributed by atoms with van der Waals surface area (Å²) in [6.07, 6.45) is 1.69. The fraction of sp³-hybridized carbons (Fsp3) is 0.176. The third-order valence-electron chi connectivity index (χ3n) is 3.45. The van der Waals surface area contributed by atoms with E-state index in [0.29, 0.717) is 30.0 Å². The van der Waals surface area contributed by atoms with Crippen LogP contribution in [-0.2, 0) is 13.1 Å². The molecule has 0 aliphatic carbocycles. The second-order valence-corrected chi connectivity index (χ2v) is 5.28. The lowest BCUT2D eigenvalue weighted by Gasteiger charge is -2.16. The van der Waals surface area contributed by atoms with E-state index in [1.807, 2.05) is 24.1 Å². The highest BCUT2D eigenvalue weighted by atomic mass is 19.1. The van der Waals surface area contributed by atoms with Gasteiger partial charge in [0.05, 0.1) is 5.69 Å². The Morgan fingerprint density at radius 2 is 1.91 bits per heavy atom. The number of halogens is 1. The standard InChI is InChI=1S/C17H16FN3O/c1-20(11-13-6-2-3-7-15(13)18)12-14-10-17(22)21-9-5-4-8-16(21)19-14/h2-10H,11-12H2,1H3. The first-order chi connectivity index (χ1) is 10.6. The normalized spacial score (nSPS) is 11.2. The van der Waals surface area contributed by atoms with E-state index in [2.05, 4.69) is 4.98 Å². The maximum atomic E-state index is 13.7. The van der Waals surface area contributed by atoms with Gasteiger partial charge >= 0.3 is 0 Å². The number of rotatable bonds is 4. The second kappa shape index (κ2) is 6.07. The molecule has 112 valence electrons. The third kappa shape index (κ3) is 3.04. The van der Waals surface area contributed by atoms with Gasteiger partial charge in [-0.1, -0.05) is 24.3 Å². The molecule has 0 bridgehead atoms. The lowest BCUT2D eigenvalue weighted by Crippen LogP contribution is -2.22. The molecular formula is C17H16FN3O. The maximum absolute atomic E-state index is 13.7. The van der Waals surface area contributed by atoms with Crippen molar-refractivity contribution in [3.05, 3.63) is 82.2 Å². The Morgan fingerprint density at radius 3 is 2.73 bits per heavy atom. The quantitative estimate of drug-likeness (QED) is 0.742. The molecule has 0 fully saturated rings. The number of aromatic nitrogens is 2. The summed E-state index contributed by atoms with van der Waals surface area (Å²) in [5.41, 5.74) is 1.81. The summed E-state index contributed by atoms with van der Waals surface area (Å²) in [5, 5.41) is 0. The van der Waals surface area contributed by atoms with Gasteiger partial charge in [-0.3, -0.25) is 14.1 Å². The van der Waals surface area contributed by atoms with Crippen LogP contribution in [0.25, 0.3) is 5.65 Å². The highest BCUT2D eigenvalue weighted by Crippen LogP contribution is 2.10. The van der Waals surface area contributed by atoms with Crippen LogP contribution in [-0.4, -0.2) is 21.3 Å². The van der Waals surface area contributed by atoms with E-state index in [9.17, 15) is 9.18 Å². The predicted molar refractivity (Wildman–Crippen MR) is 83.0 cm³/mol. The lowest BCUT2D eigenvalue weighted by atomic mass is 10.2. The number of hydrogen-bond acceptors (Lipinski definition) is 3. The Morgan fingerprint density at radius 1 is 1.14 bits per heavy atom. The zero-order chi connectivity index (χ0) is 15.5. The Kier molecular flexibility index (Phi) is 3.98. The molecule has 0 saturated heterocycles. The summed E-state index contributed by atoms with van der Waals surface area (Å²) in [6, 6.07) is 13.6. The van der Waals surface area contributed by atoms with Gasteiger partial charge < -0.3 is 0 Å². The van der Waals surface area contributed by atoms with Crippen LogP contribution >= 0.6 is 0 Å². The lowest BCUT2D eigenvalue weighted by molar-refractivity contribution is 0.310. The average Bonchev–Trinajstić information content (AvgIpc) is 2.49. The van der Waals surface area contributed by atoms with Crippen LogP contribution in [0.15, 0.2) is 59.5 Å². The molecule has 3 aromatic rings. The fourth-order valence-corrected chi connectivity index (χ4v) is 2.43. The zero-order valence-corrected chi connectivity index (χ0v) is 12.2. The minimum Gasteiger partial charge on any atom is -0.296 e. The van der Waals surface area contributed by atoms with E-state index in [1.165, 1.54) is 16.5 Å². The molecule has 0 radical (unpaired) electrons. The van der Waals surface area contributed by atoms with Crippen LogP contribution in [0.3, 0.4) is 0 Å². The first-order valence-electron chi connectivity index (χ1n) is 7.03. The SMILES string of the molecule is CN(Cc1cc(=O)n2ccccc2n1)Cc1ccccc1F. The summed E-state index contributed by atoms with van der Waals surface area (Å²) in [6.45, 7) is 0.942. The molecule has 0 aliphatic rings. The number of pyridine rings is 1. The first-order valence-corrected chi connectivity index (χ1v) is 7.03. The molecule has 4 nitrogen and oxygen atoms in total. The molecule has 22 heavy (non-hydrogen) atoms. The minimum atomic E-state index is -0.221. The molecule has 0 unspecified atom stereocenters. The molecule has 0 spiro atoms. The molecule has 0 N–H and O–H groups in total. The van der Waals surface area contributed by atoms with Gasteiger partial charge in [-0.25, -0.2) is 9.37 Å². The van der Waals surface area contributed by atoms with Crippen LogP contribution in [0.1, 0.15) is 11.3 Å². The van der Waals surface area contributed by atoms with Crippen molar-refractivity contribution in [3.63, 3.8) is 0 Å². The predicted octanol–water partition coefficient (Wildman–Crippen LogP) is 2.47. The molecule has 0 aliphatic heterocycles. The van der Waals surface area contributed by atoms with Gasteiger partial charge in [0, 0.05) is 30.9 Å². The van der Waals surface area contributed by atoms with Crippen molar-refractivity contribution >= 4 is 5.65 Å². The van der Waals surface area contributed by atoms with Crippen LogP contribution in [0.2, 0.25) is 0 Å². The Bertz CT molecular complexity index is 860.